The van der Waals surface area contributed by atoms with Gasteiger partial charge in [-0.1, -0.05) is 18.2 Å². The summed E-state index contributed by atoms with van der Waals surface area (Å²) < 4.78 is 5.48. The molecule has 6 heteroatoms. The van der Waals surface area contributed by atoms with Gasteiger partial charge in [0.1, 0.15) is 5.75 Å². The molecule has 2 aliphatic heterocycles. The second-order valence-electron chi connectivity index (χ2n) is 5.97. The number of carbonyl (C=O) groups excluding carboxylic acids is 2. The Labute approximate surface area is 150 Å². The highest BCUT2D eigenvalue weighted by atomic mass is 32.2. The normalized spacial score (nSPS) is 22.0. The first-order valence-electron chi connectivity index (χ1n) is 8.17. The van der Waals surface area contributed by atoms with E-state index in [0.717, 1.165) is 17.0 Å². The van der Waals surface area contributed by atoms with Crippen molar-refractivity contribution >= 4 is 35.0 Å². The van der Waals surface area contributed by atoms with Crippen molar-refractivity contribution in [1.29, 1.82) is 0 Å². The van der Waals surface area contributed by atoms with Crippen LogP contribution < -0.4 is 14.5 Å². The Hall–Kier alpha value is -2.47. The van der Waals surface area contributed by atoms with Crippen LogP contribution in [0.2, 0.25) is 0 Å². The van der Waals surface area contributed by atoms with Crippen molar-refractivity contribution in [3.05, 3.63) is 54.1 Å². The molecule has 0 saturated carbocycles. The maximum absolute atomic E-state index is 13.2. The number of benzene rings is 2. The standard InChI is InChI=1S/C19H18N2O3S/c1-3-24-14-10-8-13(9-11-14)21-17(22)12-25-19(21)15-6-4-5-7-16(15)20(2)18(19)23/h4-11H,3,12H2,1-2H3/t19-/m0/s1. The number of hydrogen-bond acceptors (Lipinski definition) is 4. The van der Waals surface area contributed by atoms with E-state index < -0.39 is 4.87 Å². The van der Waals surface area contributed by atoms with Gasteiger partial charge < -0.3 is 9.64 Å². The number of rotatable bonds is 3. The van der Waals surface area contributed by atoms with E-state index in [1.807, 2.05) is 55.5 Å². The van der Waals surface area contributed by atoms with Gasteiger partial charge in [0.2, 0.25) is 10.8 Å². The molecule has 0 radical (unpaired) electrons. The molecule has 1 fully saturated rings. The van der Waals surface area contributed by atoms with Crippen LogP contribution in [0.15, 0.2) is 48.5 Å². The first-order valence-corrected chi connectivity index (χ1v) is 9.15. The minimum Gasteiger partial charge on any atom is -0.494 e. The van der Waals surface area contributed by atoms with Crippen LogP contribution in [0, 0.1) is 0 Å². The Morgan fingerprint density at radius 2 is 1.84 bits per heavy atom. The molecule has 2 aromatic rings. The number of likely N-dealkylation sites (N-methyl/N-ethyl adjacent to an activating group) is 1. The van der Waals surface area contributed by atoms with Crippen molar-refractivity contribution in [1.82, 2.24) is 0 Å². The average Bonchev–Trinajstić information content (AvgIpc) is 3.08. The van der Waals surface area contributed by atoms with Gasteiger partial charge in [0.15, 0.2) is 0 Å². The third-order valence-corrected chi connectivity index (χ3v) is 5.99. The van der Waals surface area contributed by atoms with Crippen molar-refractivity contribution in [2.75, 3.05) is 29.2 Å². The maximum atomic E-state index is 13.2. The largest absolute Gasteiger partial charge is 0.494 e. The lowest BCUT2D eigenvalue weighted by molar-refractivity contribution is -0.123. The number of thioether (sulfide) groups is 1. The topological polar surface area (TPSA) is 49.9 Å². The van der Waals surface area contributed by atoms with Gasteiger partial charge in [0, 0.05) is 18.3 Å². The summed E-state index contributed by atoms with van der Waals surface area (Å²) in [5, 5.41) is 0. The molecule has 0 N–H and O–H groups in total. The number of carbonyl (C=O) groups is 2. The van der Waals surface area contributed by atoms with Crippen LogP contribution in [0.4, 0.5) is 11.4 Å². The molecule has 2 aliphatic rings. The van der Waals surface area contributed by atoms with Gasteiger partial charge in [0.05, 0.1) is 18.0 Å². The van der Waals surface area contributed by atoms with Crippen LogP contribution >= 0.6 is 11.8 Å². The number of fused-ring (bicyclic) bond motifs is 2. The lowest BCUT2D eigenvalue weighted by atomic mass is 10.0. The lowest BCUT2D eigenvalue weighted by Crippen LogP contribution is -2.49. The third kappa shape index (κ3) is 2.17. The fourth-order valence-corrected chi connectivity index (χ4v) is 4.90. The van der Waals surface area contributed by atoms with Crippen molar-refractivity contribution in [2.24, 2.45) is 0 Å². The van der Waals surface area contributed by atoms with Gasteiger partial charge in [-0.3, -0.25) is 14.5 Å². The number of nitrogens with zero attached hydrogens (tertiary/aromatic N) is 2. The first-order chi connectivity index (χ1) is 12.1. The fraction of sp³-hybridized carbons (Fsp3) is 0.263. The number of hydrogen-bond donors (Lipinski definition) is 0. The predicted octanol–water partition coefficient (Wildman–Crippen LogP) is 2.99. The second-order valence-corrected chi connectivity index (χ2v) is 7.14. The summed E-state index contributed by atoms with van der Waals surface area (Å²) in [4.78, 5) is 28.1. The van der Waals surface area contributed by atoms with Crippen LogP contribution in [0.1, 0.15) is 12.5 Å². The first kappa shape index (κ1) is 16.0. The fourth-order valence-electron chi connectivity index (χ4n) is 3.51. The Bertz CT molecular complexity index is 852. The molecular formula is C19H18N2O3S. The molecule has 1 saturated heterocycles. The zero-order valence-electron chi connectivity index (χ0n) is 14.1. The van der Waals surface area contributed by atoms with E-state index in [0.29, 0.717) is 12.3 Å². The van der Waals surface area contributed by atoms with Crippen molar-refractivity contribution in [3.8, 4) is 5.75 Å². The van der Waals surface area contributed by atoms with Crippen molar-refractivity contribution in [2.45, 2.75) is 11.8 Å². The molecule has 1 atom stereocenters. The molecule has 0 aromatic heterocycles. The molecule has 128 valence electrons. The van der Waals surface area contributed by atoms with Crippen LogP contribution in [0.3, 0.4) is 0 Å². The van der Waals surface area contributed by atoms with Crippen LogP contribution in [0.5, 0.6) is 5.75 Å². The summed E-state index contributed by atoms with van der Waals surface area (Å²) in [5.74, 6) is 0.877. The smallest absolute Gasteiger partial charge is 0.268 e. The van der Waals surface area contributed by atoms with E-state index in [2.05, 4.69) is 0 Å². The van der Waals surface area contributed by atoms with Gasteiger partial charge in [-0.15, -0.1) is 11.8 Å². The van der Waals surface area contributed by atoms with E-state index in [9.17, 15) is 9.59 Å². The summed E-state index contributed by atoms with van der Waals surface area (Å²) in [6.45, 7) is 2.51. The summed E-state index contributed by atoms with van der Waals surface area (Å²) in [6, 6.07) is 15.0. The Morgan fingerprint density at radius 1 is 1.12 bits per heavy atom. The summed E-state index contributed by atoms with van der Waals surface area (Å²) in [5.41, 5.74) is 2.43. The van der Waals surface area contributed by atoms with E-state index in [4.69, 9.17) is 4.74 Å². The minimum absolute atomic E-state index is 0.0624. The quantitative estimate of drug-likeness (QED) is 0.850. The number of anilines is 2. The summed E-state index contributed by atoms with van der Waals surface area (Å²) in [7, 11) is 1.76. The molecule has 2 heterocycles. The molecule has 1 spiro atoms. The highest BCUT2D eigenvalue weighted by Crippen LogP contribution is 2.55. The molecule has 2 amide bonds. The molecule has 2 aromatic carbocycles. The highest BCUT2D eigenvalue weighted by Gasteiger charge is 2.60. The van der Waals surface area contributed by atoms with E-state index in [-0.39, 0.29) is 17.6 Å². The minimum atomic E-state index is -1.02. The number of ether oxygens (including phenoxy) is 1. The van der Waals surface area contributed by atoms with Crippen molar-refractivity contribution in [3.63, 3.8) is 0 Å². The molecule has 0 unspecified atom stereocenters. The van der Waals surface area contributed by atoms with E-state index in [1.165, 1.54) is 11.8 Å². The third-order valence-electron chi connectivity index (χ3n) is 4.60. The van der Waals surface area contributed by atoms with E-state index >= 15 is 0 Å². The number of amides is 2. The lowest BCUT2D eigenvalue weighted by Gasteiger charge is -2.33. The zero-order chi connectivity index (χ0) is 17.6. The molecule has 0 bridgehead atoms. The predicted molar refractivity (Wildman–Crippen MR) is 99.1 cm³/mol. The Morgan fingerprint density at radius 3 is 2.56 bits per heavy atom. The van der Waals surface area contributed by atoms with Gasteiger partial charge in [-0.25, -0.2) is 0 Å². The van der Waals surface area contributed by atoms with Gasteiger partial charge in [-0.2, -0.15) is 0 Å². The van der Waals surface area contributed by atoms with Gasteiger partial charge in [0.25, 0.3) is 5.91 Å². The number of para-hydroxylation sites is 1. The molecule has 0 aliphatic carbocycles. The van der Waals surface area contributed by atoms with Crippen LogP contribution in [0.25, 0.3) is 0 Å². The molecule has 25 heavy (non-hydrogen) atoms. The average molecular weight is 354 g/mol. The van der Waals surface area contributed by atoms with Crippen molar-refractivity contribution < 1.29 is 14.3 Å². The van der Waals surface area contributed by atoms with Gasteiger partial charge >= 0.3 is 0 Å². The Balaban J connectivity index is 1.84. The monoisotopic (exact) mass is 354 g/mol. The highest BCUT2D eigenvalue weighted by molar-refractivity contribution is 8.02. The SMILES string of the molecule is CCOc1ccc(N2C(=O)CS[C@@]23C(=O)N(C)c2ccccc23)cc1. The second kappa shape index (κ2) is 5.81. The van der Waals surface area contributed by atoms with Gasteiger partial charge in [-0.05, 0) is 37.3 Å². The Kier molecular flexibility index (Phi) is 3.72. The zero-order valence-corrected chi connectivity index (χ0v) is 14.9. The maximum Gasteiger partial charge on any atom is 0.268 e. The van der Waals surface area contributed by atoms with Crippen LogP contribution in [-0.2, 0) is 14.5 Å². The summed E-state index contributed by atoms with van der Waals surface area (Å²) in [6.07, 6.45) is 0. The molecular weight excluding hydrogens is 336 g/mol. The molecule has 5 nitrogen and oxygen atoms in total. The van der Waals surface area contributed by atoms with Crippen LogP contribution in [-0.4, -0.2) is 31.2 Å². The summed E-state index contributed by atoms with van der Waals surface area (Å²) >= 11 is 1.39. The van der Waals surface area contributed by atoms with E-state index in [1.54, 1.807) is 16.8 Å². The molecule has 4 rings (SSSR count).